The summed E-state index contributed by atoms with van der Waals surface area (Å²) in [6.07, 6.45) is -1.13. The lowest BCUT2D eigenvalue weighted by Crippen LogP contribution is -2.44. The fraction of sp³-hybridized carbons (Fsp3) is 0.857. The lowest BCUT2D eigenvalue weighted by molar-refractivity contribution is -0.135. The van der Waals surface area contributed by atoms with E-state index in [2.05, 4.69) is 33.9 Å². The van der Waals surface area contributed by atoms with E-state index in [4.69, 9.17) is 14.6 Å². The smallest absolute Gasteiger partial charge is 0.354 e. The average molecular weight is 303 g/mol. The Morgan fingerprint density at radius 3 is 2.25 bits per heavy atom. The van der Waals surface area contributed by atoms with Gasteiger partial charge >= 0.3 is 5.97 Å². The van der Waals surface area contributed by atoms with Gasteiger partial charge in [-0.3, -0.25) is 5.41 Å². The SMILES string of the molecule is CCOC(=O)C(=N)C(O)C[C@@H](C)O[Si-](C)(C)C(C)(C)C. The molecule has 0 spiro atoms. The van der Waals surface area contributed by atoms with Crippen molar-refractivity contribution < 1.29 is 19.1 Å². The third-order valence-corrected chi connectivity index (χ3v) is 8.29. The van der Waals surface area contributed by atoms with Crippen molar-refractivity contribution in [3.05, 3.63) is 0 Å². The molecule has 0 aromatic rings. The Labute approximate surface area is 123 Å². The maximum Gasteiger partial charge on any atom is 0.354 e. The molecule has 0 aromatic carbocycles. The molecule has 0 amide bonds. The molecule has 5 nitrogen and oxygen atoms in total. The molecule has 0 saturated carbocycles. The van der Waals surface area contributed by atoms with Gasteiger partial charge in [-0.15, -0.1) is 18.1 Å². The van der Waals surface area contributed by atoms with E-state index >= 15 is 0 Å². The van der Waals surface area contributed by atoms with Gasteiger partial charge in [0, 0.05) is 12.5 Å². The molecule has 0 aliphatic rings. The summed E-state index contributed by atoms with van der Waals surface area (Å²) in [6.45, 7) is 14.4. The van der Waals surface area contributed by atoms with Crippen LogP contribution in [0.2, 0.25) is 18.1 Å². The predicted molar refractivity (Wildman–Crippen MR) is 82.7 cm³/mol. The molecule has 1 unspecified atom stereocenters. The number of carbonyl (C=O) groups is 1. The zero-order chi connectivity index (χ0) is 16.1. The molecule has 20 heavy (non-hydrogen) atoms. The van der Waals surface area contributed by atoms with E-state index in [9.17, 15) is 9.90 Å². The second-order valence-electron chi connectivity index (χ2n) is 6.57. The van der Waals surface area contributed by atoms with Gasteiger partial charge in [0.2, 0.25) is 0 Å². The molecule has 0 bridgehead atoms. The summed E-state index contributed by atoms with van der Waals surface area (Å²) in [4.78, 5) is 11.4. The minimum absolute atomic E-state index is 0.0842. The molecular weight excluding hydrogens is 274 g/mol. The van der Waals surface area contributed by atoms with Crippen molar-refractivity contribution in [2.24, 2.45) is 0 Å². The molecule has 6 heteroatoms. The molecule has 0 rings (SSSR count). The third kappa shape index (κ3) is 5.72. The zero-order valence-corrected chi connectivity index (χ0v) is 14.7. The molecule has 2 N–H and O–H groups in total. The summed E-state index contributed by atoms with van der Waals surface area (Å²) < 4.78 is 10.8. The van der Waals surface area contributed by atoms with E-state index in [0.717, 1.165) is 0 Å². The molecule has 0 aliphatic carbocycles. The number of nitrogens with one attached hydrogen (secondary N) is 1. The molecule has 2 atom stereocenters. The first-order valence-corrected chi connectivity index (χ1v) is 9.94. The largest absolute Gasteiger partial charge is 0.562 e. The quantitative estimate of drug-likeness (QED) is 0.430. The molecule has 0 radical (unpaired) electrons. The number of esters is 1. The fourth-order valence-corrected chi connectivity index (χ4v) is 2.96. The maximum atomic E-state index is 11.4. The Balaban J connectivity index is 4.51. The Bertz CT molecular complexity index is 350. The molecular formula is C14H29NO4Si-. The van der Waals surface area contributed by atoms with Gasteiger partial charge in [0.25, 0.3) is 0 Å². The molecule has 0 aromatic heterocycles. The average Bonchev–Trinajstić information content (AvgIpc) is 2.25. The van der Waals surface area contributed by atoms with Gasteiger partial charge in [0.15, 0.2) is 0 Å². The van der Waals surface area contributed by atoms with Crippen molar-refractivity contribution >= 4 is 20.0 Å². The number of carbonyl (C=O) groups excluding carboxylic acids is 1. The second-order valence-corrected chi connectivity index (χ2v) is 11.3. The second kappa shape index (κ2) is 7.33. The van der Waals surface area contributed by atoms with Crippen LogP contribution in [0, 0.1) is 5.41 Å². The van der Waals surface area contributed by atoms with Crippen LogP contribution < -0.4 is 0 Å². The molecule has 0 heterocycles. The van der Waals surface area contributed by atoms with Crippen molar-refractivity contribution in [1.29, 1.82) is 5.41 Å². The highest BCUT2D eigenvalue weighted by Gasteiger charge is 2.28. The van der Waals surface area contributed by atoms with Crippen molar-refractivity contribution in [3.8, 4) is 0 Å². The Morgan fingerprint density at radius 1 is 1.35 bits per heavy atom. The lowest BCUT2D eigenvalue weighted by atomic mass is 10.1. The fourth-order valence-electron chi connectivity index (χ4n) is 1.50. The number of aliphatic hydroxyl groups excluding tert-OH is 1. The summed E-state index contributed by atoms with van der Waals surface area (Å²) in [6, 6.07) is 0. The van der Waals surface area contributed by atoms with Gasteiger partial charge in [0.1, 0.15) is 11.8 Å². The highest BCUT2D eigenvalue weighted by molar-refractivity contribution is 6.74. The number of aliphatic hydroxyl groups is 1. The standard InChI is InChI=1S/C14H29NO4Si/c1-8-18-13(17)12(15)11(16)9-10(2)19-20(6,7)14(3,4)5/h10-11,15-16H,8-9H2,1-7H3/q-1/t10-,11?/m1/s1. The van der Waals surface area contributed by atoms with Crippen LogP contribution in [-0.2, 0) is 14.0 Å². The van der Waals surface area contributed by atoms with Crippen LogP contribution in [0.4, 0.5) is 0 Å². The van der Waals surface area contributed by atoms with Gasteiger partial charge < -0.3 is 14.3 Å². The summed E-state index contributed by atoms with van der Waals surface area (Å²) in [5, 5.41) is 17.6. The van der Waals surface area contributed by atoms with Gasteiger partial charge in [-0.1, -0.05) is 20.8 Å². The number of hydrogen-bond donors (Lipinski definition) is 2. The summed E-state index contributed by atoms with van der Waals surface area (Å²) in [5.41, 5.74) is -0.405. The van der Waals surface area contributed by atoms with Gasteiger partial charge in [-0.2, -0.15) is 0 Å². The van der Waals surface area contributed by atoms with Crippen molar-refractivity contribution in [2.75, 3.05) is 6.61 Å². The minimum atomic E-state index is -1.91. The van der Waals surface area contributed by atoms with Crippen LogP contribution in [-0.4, -0.2) is 43.9 Å². The number of rotatable bonds is 7. The zero-order valence-electron chi connectivity index (χ0n) is 13.7. The van der Waals surface area contributed by atoms with Gasteiger partial charge in [-0.05, 0) is 22.2 Å². The Kier molecular flexibility index (Phi) is 7.07. The highest BCUT2D eigenvalue weighted by Crippen LogP contribution is 2.37. The van der Waals surface area contributed by atoms with Crippen LogP contribution >= 0.6 is 0 Å². The first kappa shape index (κ1) is 19.3. The first-order chi connectivity index (χ1) is 8.92. The van der Waals surface area contributed by atoms with E-state index in [-0.39, 0.29) is 24.2 Å². The van der Waals surface area contributed by atoms with E-state index < -0.39 is 26.1 Å². The summed E-state index contributed by atoms with van der Waals surface area (Å²) in [5.74, 6) is -0.764. The topological polar surface area (TPSA) is 79.6 Å². The van der Waals surface area contributed by atoms with Crippen LogP contribution in [0.25, 0.3) is 0 Å². The van der Waals surface area contributed by atoms with E-state index in [1.807, 2.05) is 6.92 Å². The van der Waals surface area contributed by atoms with Gasteiger partial charge in [0.05, 0.1) is 6.61 Å². The number of ether oxygens (including phenoxy) is 1. The van der Waals surface area contributed by atoms with E-state index in [1.165, 1.54) is 0 Å². The number of hydrogen-bond acceptors (Lipinski definition) is 5. The Hall–Kier alpha value is -0.723. The van der Waals surface area contributed by atoms with Crippen LogP contribution in [0.1, 0.15) is 41.0 Å². The summed E-state index contributed by atoms with van der Waals surface area (Å²) in [7, 11) is -1.91. The third-order valence-electron chi connectivity index (χ3n) is 3.69. The molecule has 0 aliphatic heterocycles. The van der Waals surface area contributed by atoms with Crippen LogP contribution in [0.15, 0.2) is 0 Å². The van der Waals surface area contributed by atoms with E-state index in [1.54, 1.807) is 6.92 Å². The van der Waals surface area contributed by atoms with E-state index in [0.29, 0.717) is 0 Å². The monoisotopic (exact) mass is 303 g/mol. The highest BCUT2D eigenvalue weighted by atomic mass is 28.4. The van der Waals surface area contributed by atoms with Gasteiger partial charge in [-0.25, -0.2) is 4.79 Å². The van der Waals surface area contributed by atoms with Crippen LogP contribution in [0.5, 0.6) is 0 Å². The summed E-state index contributed by atoms with van der Waals surface area (Å²) >= 11 is 0. The maximum absolute atomic E-state index is 11.4. The minimum Gasteiger partial charge on any atom is -0.562 e. The molecule has 0 saturated heterocycles. The Morgan fingerprint density at radius 2 is 1.85 bits per heavy atom. The molecule has 0 fully saturated rings. The lowest BCUT2D eigenvalue weighted by Gasteiger charge is -2.50. The van der Waals surface area contributed by atoms with Crippen molar-refractivity contribution in [3.63, 3.8) is 0 Å². The van der Waals surface area contributed by atoms with Crippen molar-refractivity contribution in [2.45, 2.75) is 71.4 Å². The van der Waals surface area contributed by atoms with Crippen molar-refractivity contribution in [1.82, 2.24) is 0 Å². The first-order valence-electron chi connectivity index (χ1n) is 7.03. The normalized spacial score (nSPS) is 15.6. The molecule has 119 valence electrons. The predicted octanol–water partition coefficient (Wildman–Crippen LogP) is 2.73. The van der Waals surface area contributed by atoms with Crippen LogP contribution in [0.3, 0.4) is 0 Å².